The fourth-order valence-corrected chi connectivity index (χ4v) is 2.75. The minimum Gasteiger partial charge on any atom is -0.306 e. The maximum Gasteiger partial charge on any atom is 0.160 e. The monoisotopic (exact) mass is 309 g/mol. The maximum absolute atomic E-state index is 13.6. The molecule has 21 heavy (non-hydrogen) atoms. The summed E-state index contributed by atoms with van der Waals surface area (Å²) in [6.07, 6.45) is 0.860. The first-order chi connectivity index (χ1) is 10.1. The van der Waals surface area contributed by atoms with Gasteiger partial charge in [-0.25, -0.2) is 8.78 Å². The number of rotatable bonds is 5. The molecule has 2 aromatic rings. The first-order valence-electron chi connectivity index (χ1n) is 7.04. The van der Waals surface area contributed by atoms with Crippen LogP contribution in [0.5, 0.6) is 0 Å². The van der Waals surface area contributed by atoms with Gasteiger partial charge in [0.25, 0.3) is 0 Å². The minimum atomic E-state index is -0.928. The third-order valence-electron chi connectivity index (χ3n) is 3.51. The minimum absolute atomic E-state index is 0.228. The predicted molar refractivity (Wildman–Crippen MR) is 82.7 cm³/mol. The Labute approximate surface area is 128 Å². The molecule has 1 atom stereocenters. The van der Waals surface area contributed by atoms with Crippen molar-refractivity contribution in [2.45, 2.75) is 26.3 Å². The highest BCUT2D eigenvalue weighted by molar-refractivity contribution is 6.31. The van der Waals surface area contributed by atoms with E-state index in [2.05, 4.69) is 12.2 Å². The van der Waals surface area contributed by atoms with E-state index in [1.54, 1.807) is 0 Å². The van der Waals surface area contributed by atoms with Gasteiger partial charge in [-0.05, 0) is 41.8 Å². The Morgan fingerprint density at radius 3 is 2.38 bits per heavy atom. The van der Waals surface area contributed by atoms with Gasteiger partial charge in [-0.15, -0.1) is 0 Å². The summed E-state index contributed by atoms with van der Waals surface area (Å²) in [7, 11) is 0. The number of aryl methyl sites for hydroxylation is 1. The lowest BCUT2D eigenvalue weighted by Gasteiger charge is -2.23. The summed E-state index contributed by atoms with van der Waals surface area (Å²) in [5.41, 5.74) is 2.75. The molecular weight excluding hydrogens is 292 g/mol. The van der Waals surface area contributed by atoms with E-state index in [4.69, 9.17) is 11.6 Å². The molecule has 2 aromatic carbocycles. The van der Waals surface area contributed by atoms with E-state index < -0.39 is 11.6 Å². The first-order valence-corrected chi connectivity index (χ1v) is 7.41. The topological polar surface area (TPSA) is 12.0 Å². The quantitative estimate of drug-likeness (QED) is 0.776. The van der Waals surface area contributed by atoms with Crippen molar-refractivity contribution in [1.82, 2.24) is 5.32 Å². The highest BCUT2D eigenvalue weighted by Gasteiger charge is 2.20. The van der Waals surface area contributed by atoms with Crippen LogP contribution in [0.4, 0.5) is 8.78 Å². The van der Waals surface area contributed by atoms with E-state index >= 15 is 0 Å². The Balaban J connectivity index is 2.56. The zero-order chi connectivity index (χ0) is 15.4. The van der Waals surface area contributed by atoms with E-state index in [9.17, 15) is 8.78 Å². The van der Waals surface area contributed by atoms with E-state index in [0.29, 0.717) is 12.1 Å². The van der Waals surface area contributed by atoms with Gasteiger partial charge in [-0.2, -0.15) is 0 Å². The Morgan fingerprint density at radius 1 is 1.05 bits per heavy atom. The van der Waals surface area contributed by atoms with Gasteiger partial charge in [0, 0.05) is 5.02 Å². The van der Waals surface area contributed by atoms with Crippen LogP contribution < -0.4 is 5.32 Å². The van der Waals surface area contributed by atoms with Gasteiger partial charge in [-0.1, -0.05) is 49.7 Å². The zero-order valence-corrected chi connectivity index (χ0v) is 12.8. The molecule has 1 N–H and O–H groups in total. The maximum atomic E-state index is 13.6. The molecule has 4 heteroatoms. The van der Waals surface area contributed by atoms with Crippen molar-refractivity contribution in [3.05, 3.63) is 69.7 Å². The van der Waals surface area contributed by atoms with Crippen LogP contribution in [0.1, 0.15) is 36.6 Å². The van der Waals surface area contributed by atoms with Gasteiger partial charge >= 0.3 is 0 Å². The van der Waals surface area contributed by atoms with Gasteiger partial charge in [0.1, 0.15) is 0 Å². The van der Waals surface area contributed by atoms with Crippen molar-refractivity contribution in [3.8, 4) is 0 Å². The summed E-state index contributed by atoms with van der Waals surface area (Å²) in [4.78, 5) is 0. The van der Waals surface area contributed by atoms with Gasteiger partial charge in [-0.3, -0.25) is 0 Å². The van der Waals surface area contributed by atoms with Crippen molar-refractivity contribution in [3.63, 3.8) is 0 Å². The number of benzene rings is 2. The highest BCUT2D eigenvalue weighted by atomic mass is 35.5. The molecule has 0 saturated heterocycles. The van der Waals surface area contributed by atoms with Crippen molar-refractivity contribution in [2.24, 2.45) is 0 Å². The number of hydrogen-bond donors (Lipinski definition) is 1. The van der Waals surface area contributed by atoms with Crippen LogP contribution in [0.25, 0.3) is 0 Å². The third-order valence-corrected chi connectivity index (χ3v) is 3.83. The number of nitrogens with one attached hydrogen (secondary N) is 1. The van der Waals surface area contributed by atoms with Crippen LogP contribution in [0.15, 0.2) is 36.4 Å². The molecule has 0 aliphatic rings. The predicted octanol–water partition coefficient (Wildman–Crippen LogP) is 4.88. The molecular formula is C17H18ClF2N. The average molecular weight is 310 g/mol. The van der Waals surface area contributed by atoms with Crippen LogP contribution >= 0.6 is 11.6 Å². The lowest BCUT2D eigenvalue weighted by Crippen LogP contribution is -2.23. The normalized spacial score (nSPS) is 12.4. The molecule has 0 aromatic heterocycles. The van der Waals surface area contributed by atoms with Crippen LogP contribution in [0.3, 0.4) is 0 Å². The molecule has 0 saturated carbocycles. The summed E-state index contributed by atoms with van der Waals surface area (Å²) in [5.74, 6) is -1.81. The largest absolute Gasteiger partial charge is 0.306 e. The molecule has 0 aliphatic carbocycles. The lowest BCUT2D eigenvalue weighted by atomic mass is 9.93. The standard InChI is InChI=1S/C17H18ClF2N/c1-3-11-7-5-6-8-12(11)17(21-4-2)13-9-15(19)16(20)10-14(13)18/h5-10,17,21H,3-4H2,1-2H3. The van der Waals surface area contributed by atoms with Gasteiger partial charge in [0.05, 0.1) is 6.04 Å². The van der Waals surface area contributed by atoms with Crippen LogP contribution in [0.2, 0.25) is 5.02 Å². The molecule has 0 amide bonds. The van der Waals surface area contributed by atoms with Crippen LogP contribution in [-0.4, -0.2) is 6.54 Å². The van der Waals surface area contributed by atoms with Crippen LogP contribution in [-0.2, 0) is 6.42 Å². The average Bonchev–Trinajstić information content (AvgIpc) is 2.49. The zero-order valence-electron chi connectivity index (χ0n) is 12.1. The van der Waals surface area contributed by atoms with E-state index in [1.165, 1.54) is 6.07 Å². The van der Waals surface area contributed by atoms with E-state index in [0.717, 1.165) is 23.6 Å². The Kier molecular flexibility index (Phi) is 5.32. The Morgan fingerprint density at radius 2 is 1.71 bits per heavy atom. The lowest BCUT2D eigenvalue weighted by molar-refractivity contribution is 0.504. The first kappa shape index (κ1) is 15.9. The second-order valence-electron chi connectivity index (χ2n) is 4.83. The summed E-state index contributed by atoms with van der Waals surface area (Å²) < 4.78 is 26.9. The second-order valence-corrected chi connectivity index (χ2v) is 5.24. The molecule has 0 bridgehead atoms. The molecule has 1 nitrogen and oxygen atoms in total. The Hall–Kier alpha value is -1.45. The number of hydrogen-bond acceptors (Lipinski definition) is 1. The summed E-state index contributed by atoms with van der Waals surface area (Å²) in [6, 6.07) is 9.89. The molecule has 112 valence electrons. The van der Waals surface area contributed by atoms with Crippen molar-refractivity contribution >= 4 is 11.6 Å². The van der Waals surface area contributed by atoms with Gasteiger partial charge < -0.3 is 5.32 Å². The third kappa shape index (κ3) is 3.42. The summed E-state index contributed by atoms with van der Waals surface area (Å²) >= 11 is 6.13. The highest BCUT2D eigenvalue weighted by Crippen LogP contribution is 2.32. The molecule has 0 fully saturated rings. The molecule has 0 heterocycles. The van der Waals surface area contributed by atoms with Crippen LogP contribution in [0, 0.1) is 11.6 Å². The summed E-state index contributed by atoms with van der Waals surface area (Å²) in [6.45, 7) is 4.72. The second kappa shape index (κ2) is 7.01. The van der Waals surface area contributed by atoms with Crippen molar-refractivity contribution in [1.29, 1.82) is 0 Å². The summed E-state index contributed by atoms with van der Waals surface area (Å²) in [5, 5.41) is 3.53. The van der Waals surface area contributed by atoms with Crippen molar-refractivity contribution < 1.29 is 8.78 Å². The fraction of sp³-hybridized carbons (Fsp3) is 0.294. The smallest absolute Gasteiger partial charge is 0.160 e. The SMILES string of the molecule is CCNC(c1cc(F)c(F)cc1Cl)c1ccccc1CC. The van der Waals surface area contributed by atoms with E-state index in [-0.39, 0.29) is 11.1 Å². The molecule has 0 radical (unpaired) electrons. The molecule has 0 aliphatic heterocycles. The molecule has 2 rings (SSSR count). The van der Waals surface area contributed by atoms with Crippen molar-refractivity contribution in [2.75, 3.05) is 6.54 Å². The fourth-order valence-electron chi connectivity index (χ4n) is 2.49. The number of halogens is 3. The Bertz CT molecular complexity index is 628. The molecule has 1 unspecified atom stereocenters. The van der Waals surface area contributed by atoms with Gasteiger partial charge in [0.15, 0.2) is 11.6 Å². The van der Waals surface area contributed by atoms with E-state index in [1.807, 2.05) is 31.2 Å². The van der Waals surface area contributed by atoms with Gasteiger partial charge in [0.2, 0.25) is 0 Å². The molecule has 0 spiro atoms.